The highest BCUT2D eigenvalue weighted by Crippen LogP contribution is 2.13. The van der Waals surface area contributed by atoms with Crippen LogP contribution in [0, 0.1) is 5.82 Å². The van der Waals surface area contributed by atoms with Crippen molar-refractivity contribution in [1.29, 1.82) is 0 Å². The lowest BCUT2D eigenvalue weighted by Gasteiger charge is -2.07. The van der Waals surface area contributed by atoms with Crippen molar-refractivity contribution >= 4 is 14.7 Å². The first-order valence-electron chi connectivity index (χ1n) is 4.25. The quantitative estimate of drug-likeness (QED) is 0.596. The predicted octanol–water partition coefficient (Wildman–Crippen LogP) is 1.91. The first-order valence-corrected chi connectivity index (χ1v) is 7.03. The second-order valence-corrected chi connectivity index (χ2v) is 5.65. The number of halogens is 1. The van der Waals surface area contributed by atoms with Crippen molar-refractivity contribution < 1.29 is 8.82 Å². The fourth-order valence-electron chi connectivity index (χ4n) is 0.946. The number of hydrogen-bond donors (Lipinski definition) is 1. The highest BCUT2D eigenvalue weighted by Gasteiger charge is 2.01. The summed E-state index contributed by atoms with van der Waals surface area (Å²) in [4.78, 5) is 0. The minimum Gasteiger partial charge on any atom is -0.416 e. The summed E-state index contributed by atoms with van der Waals surface area (Å²) in [6.45, 7) is 4.72. The van der Waals surface area contributed by atoms with Crippen LogP contribution in [0.15, 0.2) is 18.2 Å². The molecule has 1 rings (SSSR count). The van der Waals surface area contributed by atoms with Crippen molar-refractivity contribution in [3.8, 4) is 0 Å². The molecule has 0 fully saturated rings. The van der Waals surface area contributed by atoms with Gasteiger partial charge in [0.25, 0.3) is 0 Å². The second kappa shape index (κ2) is 4.39. The largest absolute Gasteiger partial charge is 0.416 e. The van der Waals surface area contributed by atoms with Crippen LogP contribution in [0.4, 0.5) is 10.1 Å². The lowest BCUT2D eigenvalue weighted by Crippen LogP contribution is -2.07. The maximum absolute atomic E-state index is 12.7. The van der Waals surface area contributed by atoms with Crippen LogP contribution in [0.5, 0.6) is 0 Å². The van der Waals surface area contributed by atoms with Crippen LogP contribution in [-0.2, 0) is 11.0 Å². The summed E-state index contributed by atoms with van der Waals surface area (Å²) in [5.74, 6) is -0.370. The van der Waals surface area contributed by atoms with Crippen LogP contribution in [0.2, 0.25) is 13.1 Å². The Balaban J connectivity index is 2.63. The van der Waals surface area contributed by atoms with Crippen LogP contribution in [0.1, 0.15) is 5.56 Å². The highest BCUT2D eigenvalue weighted by atomic mass is 28.3. The van der Waals surface area contributed by atoms with Crippen molar-refractivity contribution in [2.45, 2.75) is 19.7 Å². The van der Waals surface area contributed by atoms with Gasteiger partial charge in [-0.1, -0.05) is 6.07 Å². The van der Waals surface area contributed by atoms with E-state index in [1.807, 2.05) is 0 Å². The minimum absolute atomic E-state index is 0.187. The van der Waals surface area contributed by atoms with Gasteiger partial charge in [-0.3, -0.25) is 0 Å². The van der Waals surface area contributed by atoms with Crippen molar-refractivity contribution in [2.75, 3.05) is 5.73 Å². The topological polar surface area (TPSA) is 35.2 Å². The molecule has 0 radical (unpaired) electrons. The summed E-state index contributed by atoms with van der Waals surface area (Å²) in [5, 5.41) is 0. The SMILES string of the molecule is C[SiH](C)OCc1ccc(F)c(N)c1. The average Bonchev–Trinajstić information content (AvgIpc) is 2.07. The molecule has 13 heavy (non-hydrogen) atoms. The van der Waals surface area contributed by atoms with Crippen molar-refractivity contribution in [3.05, 3.63) is 29.6 Å². The van der Waals surface area contributed by atoms with E-state index in [4.69, 9.17) is 10.2 Å². The van der Waals surface area contributed by atoms with Crippen LogP contribution in [0.25, 0.3) is 0 Å². The predicted molar refractivity (Wildman–Crippen MR) is 54.5 cm³/mol. The molecule has 0 aliphatic heterocycles. The monoisotopic (exact) mass is 199 g/mol. The highest BCUT2D eigenvalue weighted by molar-refractivity contribution is 6.48. The van der Waals surface area contributed by atoms with Crippen LogP contribution < -0.4 is 5.73 Å². The Bertz CT molecular complexity index is 291. The summed E-state index contributed by atoms with van der Waals surface area (Å²) in [6, 6.07) is 4.69. The molecule has 0 aliphatic carbocycles. The van der Waals surface area contributed by atoms with Gasteiger partial charge in [-0.25, -0.2) is 4.39 Å². The summed E-state index contributed by atoms with van der Waals surface area (Å²) in [6.07, 6.45) is 0. The maximum atomic E-state index is 12.7. The number of nitrogen functional groups attached to an aromatic ring is 1. The van der Waals surface area contributed by atoms with Crippen LogP contribution >= 0.6 is 0 Å². The minimum atomic E-state index is -1.00. The lowest BCUT2D eigenvalue weighted by molar-refractivity contribution is 0.314. The van der Waals surface area contributed by atoms with E-state index in [1.54, 1.807) is 12.1 Å². The molecule has 1 aromatic carbocycles. The molecule has 0 amide bonds. The molecular weight excluding hydrogens is 185 g/mol. The standard InChI is InChI=1S/C9H14FNOSi/c1-13(2)12-6-7-3-4-8(10)9(11)5-7/h3-5,13H,6,11H2,1-2H3. The number of rotatable bonds is 3. The molecule has 0 unspecified atom stereocenters. The van der Waals surface area contributed by atoms with E-state index in [-0.39, 0.29) is 11.5 Å². The molecule has 0 bridgehead atoms. The Morgan fingerprint density at radius 2 is 2.15 bits per heavy atom. The molecule has 4 heteroatoms. The number of nitrogens with two attached hydrogens (primary N) is 1. The van der Waals surface area contributed by atoms with Gasteiger partial charge in [-0.2, -0.15) is 0 Å². The zero-order chi connectivity index (χ0) is 9.84. The summed E-state index contributed by atoms with van der Waals surface area (Å²) in [7, 11) is -1.00. The number of benzene rings is 1. The van der Waals surface area contributed by atoms with Gasteiger partial charge >= 0.3 is 0 Å². The van der Waals surface area contributed by atoms with E-state index >= 15 is 0 Å². The van der Waals surface area contributed by atoms with Gasteiger partial charge in [0, 0.05) is 0 Å². The molecule has 0 aromatic heterocycles. The third kappa shape index (κ3) is 3.16. The Labute approximate surface area is 79.2 Å². The van der Waals surface area contributed by atoms with Gasteiger partial charge in [0.1, 0.15) is 5.82 Å². The molecule has 0 saturated heterocycles. The summed E-state index contributed by atoms with van der Waals surface area (Å²) < 4.78 is 18.2. The summed E-state index contributed by atoms with van der Waals surface area (Å²) in [5.41, 5.74) is 6.53. The van der Waals surface area contributed by atoms with E-state index in [1.165, 1.54) is 6.07 Å². The van der Waals surface area contributed by atoms with E-state index in [0.29, 0.717) is 6.61 Å². The molecule has 1 aromatic rings. The molecule has 2 N–H and O–H groups in total. The van der Waals surface area contributed by atoms with E-state index < -0.39 is 9.04 Å². The Morgan fingerprint density at radius 3 is 2.69 bits per heavy atom. The molecule has 0 aliphatic rings. The smallest absolute Gasteiger partial charge is 0.171 e. The first kappa shape index (κ1) is 10.2. The summed E-state index contributed by atoms with van der Waals surface area (Å²) >= 11 is 0. The molecule has 0 heterocycles. The van der Waals surface area contributed by atoms with Crippen molar-refractivity contribution in [1.82, 2.24) is 0 Å². The van der Waals surface area contributed by atoms with Gasteiger partial charge in [-0.05, 0) is 30.8 Å². The Morgan fingerprint density at radius 1 is 1.46 bits per heavy atom. The van der Waals surface area contributed by atoms with Crippen molar-refractivity contribution in [2.24, 2.45) is 0 Å². The normalized spacial score (nSPS) is 10.8. The van der Waals surface area contributed by atoms with E-state index in [0.717, 1.165) is 5.56 Å². The molecule has 0 saturated carbocycles. The van der Waals surface area contributed by atoms with Gasteiger partial charge < -0.3 is 10.2 Å². The van der Waals surface area contributed by atoms with E-state index in [2.05, 4.69) is 13.1 Å². The Hall–Kier alpha value is -0.873. The average molecular weight is 199 g/mol. The van der Waals surface area contributed by atoms with Gasteiger partial charge in [0.05, 0.1) is 12.3 Å². The molecule has 0 atom stereocenters. The van der Waals surface area contributed by atoms with Gasteiger partial charge in [-0.15, -0.1) is 0 Å². The van der Waals surface area contributed by atoms with Crippen LogP contribution in [-0.4, -0.2) is 9.04 Å². The molecular formula is C9H14FNOSi. The van der Waals surface area contributed by atoms with E-state index in [9.17, 15) is 4.39 Å². The zero-order valence-corrected chi connectivity index (χ0v) is 9.03. The molecule has 0 spiro atoms. The fraction of sp³-hybridized carbons (Fsp3) is 0.333. The van der Waals surface area contributed by atoms with Gasteiger partial charge in [0.2, 0.25) is 0 Å². The molecule has 72 valence electrons. The van der Waals surface area contributed by atoms with Gasteiger partial charge in [0.15, 0.2) is 9.04 Å². The number of hydrogen-bond acceptors (Lipinski definition) is 2. The lowest BCUT2D eigenvalue weighted by atomic mass is 10.2. The third-order valence-corrected chi connectivity index (χ3v) is 2.48. The number of anilines is 1. The molecule has 2 nitrogen and oxygen atoms in total. The third-order valence-electron chi connectivity index (χ3n) is 1.64. The van der Waals surface area contributed by atoms with Crippen molar-refractivity contribution in [3.63, 3.8) is 0 Å². The van der Waals surface area contributed by atoms with Crippen LogP contribution in [0.3, 0.4) is 0 Å². The second-order valence-electron chi connectivity index (χ2n) is 3.22. The zero-order valence-electron chi connectivity index (χ0n) is 7.88. The fourth-order valence-corrected chi connectivity index (χ4v) is 1.47. The maximum Gasteiger partial charge on any atom is 0.171 e. The first-order chi connectivity index (χ1) is 6.09. The Kier molecular flexibility index (Phi) is 3.45.